The second kappa shape index (κ2) is 7.39. The smallest absolute Gasteiger partial charge is 0.125 e. The van der Waals surface area contributed by atoms with Gasteiger partial charge in [0.1, 0.15) is 11.4 Å². The van der Waals surface area contributed by atoms with Crippen LogP contribution in [0, 0.1) is 13.8 Å². The Morgan fingerprint density at radius 2 is 1.68 bits per heavy atom. The van der Waals surface area contributed by atoms with E-state index in [2.05, 4.69) is 50.0 Å². The van der Waals surface area contributed by atoms with Gasteiger partial charge in [-0.1, -0.05) is 6.07 Å². The molecule has 1 aromatic carbocycles. The summed E-state index contributed by atoms with van der Waals surface area (Å²) in [4.78, 5) is 2.62. The maximum absolute atomic E-state index is 6.23. The van der Waals surface area contributed by atoms with Crippen LogP contribution in [0.3, 0.4) is 0 Å². The normalized spacial score (nSPS) is 23.5. The van der Waals surface area contributed by atoms with Crippen molar-refractivity contribution < 1.29 is 4.74 Å². The van der Waals surface area contributed by atoms with Gasteiger partial charge in [0.2, 0.25) is 0 Å². The molecule has 1 saturated heterocycles. The molecule has 2 heterocycles. The Morgan fingerprint density at radius 3 is 2.32 bits per heavy atom. The highest BCUT2D eigenvalue weighted by atomic mass is 35.5. The summed E-state index contributed by atoms with van der Waals surface area (Å²) in [5.41, 5.74) is 3.99. The zero-order chi connectivity index (χ0) is 14.3. The summed E-state index contributed by atoms with van der Waals surface area (Å²) in [6.45, 7) is 13.2. The molecule has 1 N–H and O–H groups in total. The van der Waals surface area contributed by atoms with Crippen molar-refractivity contribution in [3.05, 3.63) is 28.8 Å². The SMILES string of the molecule is Cc1cc2c(cc1C)C(N1CCNCC1)CC(C)(C)O2.Cl.Cl. The third kappa shape index (κ3) is 3.88. The minimum absolute atomic E-state index is 0. The lowest BCUT2D eigenvalue weighted by Crippen LogP contribution is -2.48. The molecule has 2 aliphatic heterocycles. The van der Waals surface area contributed by atoms with Crippen LogP contribution >= 0.6 is 24.8 Å². The van der Waals surface area contributed by atoms with E-state index in [1.165, 1.54) is 16.7 Å². The number of nitrogens with one attached hydrogen (secondary N) is 1. The fourth-order valence-corrected chi connectivity index (χ4v) is 3.40. The lowest BCUT2D eigenvalue weighted by atomic mass is 9.87. The standard InChI is InChI=1S/C17H26N2O.2ClH/c1-12-9-14-15(19-7-5-18-6-8-19)11-17(3,4)20-16(14)10-13(12)2;;/h9-10,15,18H,5-8,11H2,1-4H3;2*1H. The van der Waals surface area contributed by atoms with E-state index in [1.807, 2.05) is 0 Å². The predicted octanol–water partition coefficient (Wildman–Crippen LogP) is 3.65. The number of aryl methyl sites for hydroxylation is 2. The molecule has 1 unspecified atom stereocenters. The monoisotopic (exact) mass is 346 g/mol. The molecule has 0 radical (unpaired) electrons. The Hall–Kier alpha value is -0.480. The van der Waals surface area contributed by atoms with Gasteiger partial charge in [0.05, 0.1) is 0 Å². The molecule has 0 bridgehead atoms. The van der Waals surface area contributed by atoms with Gasteiger partial charge in [-0.2, -0.15) is 0 Å². The van der Waals surface area contributed by atoms with E-state index in [0.29, 0.717) is 6.04 Å². The van der Waals surface area contributed by atoms with Crippen LogP contribution < -0.4 is 10.1 Å². The topological polar surface area (TPSA) is 24.5 Å². The number of halogens is 2. The summed E-state index contributed by atoms with van der Waals surface area (Å²) < 4.78 is 6.23. The molecule has 0 saturated carbocycles. The first-order valence-electron chi connectivity index (χ1n) is 7.71. The molecular formula is C17H28Cl2N2O. The molecule has 0 aromatic heterocycles. The molecule has 0 amide bonds. The van der Waals surface area contributed by atoms with E-state index >= 15 is 0 Å². The summed E-state index contributed by atoms with van der Waals surface area (Å²) in [5.74, 6) is 1.09. The van der Waals surface area contributed by atoms with Crippen LogP contribution in [0.15, 0.2) is 12.1 Å². The second-order valence-electron chi connectivity index (χ2n) is 6.84. The lowest BCUT2D eigenvalue weighted by molar-refractivity contribution is 0.0259. The predicted molar refractivity (Wildman–Crippen MR) is 96.9 cm³/mol. The quantitative estimate of drug-likeness (QED) is 0.839. The van der Waals surface area contributed by atoms with Gasteiger partial charge in [0.15, 0.2) is 0 Å². The fourth-order valence-electron chi connectivity index (χ4n) is 3.40. The summed E-state index contributed by atoms with van der Waals surface area (Å²) in [7, 11) is 0. The van der Waals surface area contributed by atoms with Crippen LogP contribution in [0.5, 0.6) is 5.75 Å². The number of hydrogen-bond donors (Lipinski definition) is 1. The molecule has 3 nitrogen and oxygen atoms in total. The molecule has 5 heteroatoms. The van der Waals surface area contributed by atoms with Crippen molar-refractivity contribution in [3.63, 3.8) is 0 Å². The van der Waals surface area contributed by atoms with Gasteiger partial charge in [-0.15, -0.1) is 24.8 Å². The minimum atomic E-state index is -0.0791. The largest absolute Gasteiger partial charge is 0.487 e. The fraction of sp³-hybridized carbons (Fsp3) is 0.647. The Kier molecular flexibility index (Phi) is 6.58. The molecule has 2 aliphatic rings. The number of hydrogen-bond acceptors (Lipinski definition) is 3. The maximum atomic E-state index is 6.23. The van der Waals surface area contributed by atoms with E-state index in [-0.39, 0.29) is 30.4 Å². The number of benzene rings is 1. The van der Waals surface area contributed by atoms with Crippen molar-refractivity contribution >= 4 is 24.8 Å². The zero-order valence-corrected chi connectivity index (χ0v) is 15.6. The third-order valence-corrected chi connectivity index (χ3v) is 4.65. The minimum Gasteiger partial charge on any atom is -0.487 e. The van der Waals surface area contributed by atoms with E-state index in [9.17, 15) is 0 Å². The van der Waals surface area contributed by atoms with Crippen molar-refractivity contribution in [2.24, 2.45) is 0 Å². The first-order chi connectivity index (χ1) is 9.46. The van der Waals surface area contributed by atoms with Crippen LogP contribution in [0.1, 0.15) is 43.0 Å². The summed E-state index contributed by atoms with van der Waals surface area (Å²) in [6.07, 6.45) is 1.07. The van der Waals surface area contributed by atoms with Gasteiger partial charge < -0.3 is 10.1 Å². The molecule has 1 fully saturated rings. The number of fused-ring (bicyclic) bond motifs is 1. The number of ether oxygens (including phenoxy) is 1. The number of nitrogens with zero attached hydrogens (tertiary/aromatic N) is 1. The van der Waals surface area contributed by atoms with Crippen molar-refractivity contribution in [2.45, 2.75) is 45.8 Å². The van der Waals surface area contributed by atoms with Gasteiger partial charge in [0, 0.05) is 44.2 Å². The van der Waals surface area contributed by atoms with Gasteiger partial charge in [-0.25, -0.2) is 0 Å². The van der Waals surface area contributed by atoms with Crippen LogP contribution in [-0.2, 0) is 0 Å². The van der Waals surface area contributed by atoms with Gasteiger partial charge in [-0.05, 0) is 44.9 Å². The summed E-state index contributed by atoms with van der Waals surface area (Å²) in [6, 6.07) is 5.06. The van der Waals surface area contributed by atoms with E-state index < -0.39 is 0 Å². The molecule has 0 aliphatic carbocycles. The number of rotatable bonds is 1. The average molecular weight is 347 g/mol. The Morgan fingerprint density at radius 1 is 1.09 bits per heavy atom. The Balaban J connectivity index is 0.00000121. The molecule has 126 valence electrons. The molecule has 1 atom stereocenters. The lowest BCUT2D eigenvalue weighted by Gasteiger charge is -2.44. The Bertz CT molecular complexity index is 514. The van der Waals surface area contributed by atoms with Gasteiger partial charge in [0.25, 0.3) is 0 Å². The molecular weight excluding hydrogens is 319 g/mol. The zero-order valence-electron chi connectivity index (χ0n) is 13.9. The van der Waals surface area contributed by atoms with Crippen molar-refractivity contribution in [3.8, 4) is 5.75 Å². The highest BCUT2D eigenvalue weighted by molar-refractivity contribution is 5.85. The first kappa shape index (κ1) is 19.6. The van der Waals surface area contributed by atoms with E-state index in [4.69, 9.17) is 4.74 Å². The van der Waals surface area contributed by atoms with E-state index in [1.54, 1.807) is 0 Å². The highest BCUT2D eigenvalue weighted by Gasteiger charge is 2.37. The number of piperazine rings is 1. The van der Waals surface area contributed by atoms with Crippen LogP contribution in [-0.4, -0.2) is 36.7 Å². The van der Waals surface area contributed by atoms with Crippen molar-refractivity contribution in [1.29, 1.82) is 0 Å². The van der Waals surface area contributed by atoms with E-state index in [0.717, 1.165) is 38.3 Å². The molecule has 22 heavy (non-hydrogen) atoms. The van der Waals surface area contributed by atoms with Gasteiger partial charge >= 0.3 is 0 Å². The average Bonchev–Trinajstić information content (AvgIpc) is 2.40. The van der Waals surface area contributed by atoms with Gasteiger partial charge in [-0.3, -0.25) is 4.90 Å². The van der Waals surface area contributed by atoms with Crippen molar-refractivity contribution in [2.75, 3.05) is 26.2 Å². The third-order valence-electron chi connectivity index (χ3n) is 4.65. The van der Waals surface area contributed by atoms with Crippen LogP contribution in [0.25, 0.3) is 0 Å². The molecule has 0 spiro atoms. The van der Waals surface area contributed by atoms with Crippen molar-refractivity contribution in [1.82, 2.24) is 10.2 Å². The second-order valence-corrected chi connectivity index (χ2v) is 6.84. The van der Waals surface area contributed by atoms with Crippen LogP contribution in [0.4, 0.5) is 0 Å². The first-order valence-corrected chi connectivity index (χ1v) is 7.71. The molecule has 3 rings (SSSR count). The summed E-state index contributed by atoms with van der Waals surface area (Å²) in [5, 5.41) is 3.45. The maximum Gasteiger partial charge on any atom is 0.125 e. The molecule has 1 aromatic rings. The Labute approximate surface area is 146 Å². The van der Waals surface area contributed by atoms with Crippen LogP contribution in [0.2, 0.25) is 0 Å². The summed E-state index contributed by atoms with van der Waals surface area (Å²) >= 11 is 0. The highest BCUT2D eigenvalue weighted by Crippen LogP contribution is 2.43.